The zero-order valence-corrected chi connectivity index (χ0v) is 6.36. The fraction of sp³-hybridized carbons (Fsp3) is 0. The van der Waals surface area contributed by atoms with Gasteiger partial charge in [0.25, 0.3) is 0 Å². The Morgan fingerprint density at radius 1 is 1.23 bits per heavy atom. The average molecular weight is 176 g/mol. The lowest BCUT2D eigenvalue weighted by atomic mass is 10.4. The third-order valence-corrected chi connectivity index (χ3v) is 1.29. The number of aromatic nitrogens is 6. The van der Waals surface area contributed by atoms with Crippen LogP contribution < -0.4 is 0 Å². The van der Waals surface area contributed by atoms with E-state index in [-0.39, 0.29) is 11.8 Å². The van der Waals surface area contributed by atoms with Gasteiger partial charge in [-0.2, -0.15) is 9.97 Å². The first-order chi connectivity index (χ1) is 6.36. The molecule has 0 amide bonds. The first-order valence-corrected chi connectivity index (χ1v) is 3.39. The standard InChI is InChI=1S/C6H4N6O/c13-6-8-3-7-5(10-6)4-1-2-9-12-11-4/h1-3H,(H,7,8,10,13). The normalized spacial score (nSPS) is 9.85. The Labute approximate surface area is 72.5 Å². The van der Waals surface area contributed by atoms with Gasteiger partial charge in [-0.1, -0.05) is 0 Å². The van der Waals surface area contributed by atoms with Gasteiger partial charge in [0.2, 0.25) is 0 Å². The Hall–Kier alpha value is -2.18. The summed E-state index contributed by atoms with van der Waals surface area (Å²) in [6.07, 6.45) is 2.66. The van der Waals surface area contributed by atoms with Gasteiger partial charge in [0.15, 0.2) is 5.82 Å². The predicted octanol–water partition coefficient (Wildman–Crippen LogP) is -0.571. The van der Waals surface area contributed by atoms with E-state index in [1.807, 2.05) is 0 Å². The van der Waals surface area contributed by atoms with Crippen molar-refractivity contribution in [1.82, 2.24) is 30.4 Å². The van der Waals surface area contributed by atoms with Gasteiger partial charge < -0.3 is 5.11 Å². The molecule has 2 aromatic heterocycles. The topological polar surface area (TPSA) is 97.6 Å². The fourth-order valence-electron chi connectivity index (χ4n) is 0.771. The Kier molecular flexibility index (Phi) is 1.75. The third-order valence-electron chi connectivity index (χ3n) is 1.29. The molecule has 2 rings (SSSR count). The van der Waals surface area contributed by atoms with Crippen LogP contribution in [-0.4, -0.2) is 35.5 Å². The summed E-state index contributed by atoms with van der Waals surface area (Å²) in [5.41, 5.74) is 0.438. The van der Waals surface area contributed by atoms with E-state index in [4.69, 9.17) is 5.11 Å². The first kappa shape index (κ1) is 7.47. The minimum Gasteiger partial charge on any atom is -0.479 e. The summed E-state index contributed by atoms with van der Waals surface area (Å²) in [4.78, 5) is 10.9. The predicted molar refractivity (Wildman–Crippen MR) is 40.3 cm³/mol. The number of rotatable bonds is 1. The van der Waals surface area contributed by atoms with Crippen molar-refractivity contribution in [3.63, 3.8) is 0 Å². The molecular weight excluding hydrogens is 172 g/mol. The lowest BCUT2D eigenvalue weighted by Gasteiger charge is -1.95. The molecule has 0 aliphatic heterocycles. The molecule has 0 saturated carbocycles. The quantitative estimate of drug-likeness (QED) is 0.621. The molecule has 0 fully saturated rings. The van der Waals surface area contributed by atoms with Gasteiger partial charge >= 0.3 is 6.01 Å². The lowest BCUT2D eigenvalue weighted by molar-refractivity contribution is 0.428. The lowest BCUT2D eigenvalue weighted by Crippen LogP contribution is -1.95. The van der Waals surface area contributed by atoms with Gasteiger partial charge in [-0.3, -0.25) is 0 Å². The van der Waals surface area contributed by atoms with E-state index in [0.29, 0.717) is 5.69 Å². The molecule has 0 bridgehead atoms. The molecule has 0 atom stereocenters. The van der Waals surface area contributed by atoms with Crippen LogP contribution in [0.15, 0.2) is 18.6 Å². The van der Waals surface area contributed by atoms with E-state index in [1.165, 1.54) is 12.5 Å². The van der Waals surface area contributed by atoms with Crippen LogP contribution in [0.25, 0.3) is 11.5 Å². The Balaban J connectivity index is 2.48. The maximum absolute atomic E-state index is 8.95. The van der Waals surface area contributed by atoms with Crippen LogP contribution in [0.2, 0.25) is 0 Å². The van der Waals surface area contributed by atoms with Crippen molar-refractivity contribution in [3.8, 4) is 17.5 Å². The number of nitrogens with zero attached hydrogens (tertiary/aromatic N) is 6. The van der Waals surface area contributed by atoms with E-state index < -0.39 is 0 Å². The Morgan fingerprint density at radius 2 is 2.15 bits per heavy atom. The summed E-state index contributed by atoms with van der Waals surface area (Å²) in [5, 5.41) is 19.5. The molecule has 0 spiro atoms. The summed E-state index contributed by atoms with van der Waals surface area (Å²) in [6, 6.07) is 1.24. The van der Waals surface area contributed by atoms with Crippen LogP contribution in [0.1, 0.15) is 0 Å². The molecule has 0 aromatic carbocycles. The van der Waals surface area contributed by atoms with Crippen molar-refractivity contribution in [2.45, 2.75) is 0 Å². The molecule has 0 saturated heterocycles. The zero-order valence-electron chi connectivity index (χ0n) is 6.36. The van der Waals surface area contributed by atoms with Crippen molar-refractivity contribution < 1.29 is 5.11 Å². The highest BCUT2D eigenvalue weighted by Crippen LogP contribution is 2.09. The monoisotopic (exact) mass is 176 g/mol. The molecule has 0 radical (unpaired) electrons. The van der Waals surface area contributed by atoms with Gasteiger partial charge in [0.05, 0.1) is 6.20 Å². The van der Waals surface area contributed by atoms with Gasteiger partial charge in [-0.25, -0.2) is 4.98 Å². The summed E-state index contributed by atoms with van der Waals surface area (Å²) in [6.45, 7) is 0. The highest BCUT2D eigenvalue weighted by molar-refractivity contribution is 5.46. The van der Waals surface area contributed by atoms with E-state index in [1.54, 1.807) is 6.07 Å². The molecule has 7 nitrogen and oxygen atoms in total. The van der Waals surface area contributed by atoms with Crippen molar-refractivity contribution in [3.05, 3.63) is 18.6 Å². The molecule has 0 unspecified atom stereocenters. The van der Waals surface area contributed by atoms with E-state index in [2.05, 4.69) is 30.4 Å². The number of hydrogen-bond donors (Lipinski definition) is 1. The van der Waals surface area contributed by atoms with Crippen LogP contribution in [0.5, 0.6) is 6.01 Å². The van der Waals surface area contributed by atoms with Crippen LogP contribution in [0, 0.1) is 0 Å². The van der Waals surface area contributed by atoms with E-state index in [0.717, 1.165) is 0 Å². The van der Waals surface area contributed by atoms with Crippen LogP contribution in [0.3, 0.4) is 0 Å². The van der Waals surface area contributed by atoms with Gasteiger partial charge in [-0.15, -0.1) is 10.2 Å². The summed E-state index contributed by atoms with van der Waals surface area (Å²) < 4.78 is 0. The van der Waals surface area contributed by atoms with Crippen molar-refractivity contribution in [1.29, 1.82) is 0 Å². The minimum atomic E-state index is -0.344. The molecule has 2 aromatic rings. The Morgan fingerprint density at radius 3 is 2.85 bits per heavy atom. The molecule has 1 N–H and O–H groups in total. The second-order valence-corrected chi connectivity index (χ2v) is 2.11. The summed E-state index contributed by atoms with van der Waals surface area (Å²) in [7, 11) is 0. The van der Waals surface area contributed by atoms with Gasteiger partial charge in [0.1, 0.15) is 12.0 Å². The number of aromatic hydroxyl groups is 1. The molecule has 0 aliphatic rings. The minimum absolute atomic E-state index is 0.266. The SMILES string of the molecule is Oc1ncnc(-c2ccnnn2)n1. The molecule has 2 heterocycles. The zero-order chi connectivity index (χ0) is 9.10. The van der Waals surface area contributed by atoms with Crippen molar-refractivity contribution in [2.75, 3.05) is 0 Å². The average Bonchev–Trinajstić information content (AvgIpc) is 2.19. The second-order valence-electron chi connectivity index (χ2n) is 2.11. The smallest absolute Gasteiger partial charge is 0.317 e. The second kappa shape index (κ2) is 3.05. The molecule has 0 aliphatic carbocycles. The highest BCUT2D eigenvalue weighted by Gasteiger charge is 2.03. The van der Waals surface area contributed by atoms with Gasteiger partial charge in [-0.05, 0) is 11.3 Å². The molecule has 7 heteroatoms. The maximum atomic E-state index is 8.95. The largest absolute Gasteiger partial charge is 0.479 e. The van der Waals surface area contributed by atoms with Crippen molar-refractivity contribution >= 4 is 0 Å². The number of hydrogen-bond acceptors (Lipinski definition) is 7. The Bertz CT molecular complexity index is 405. The first-order valence-electron chi connectivity index (χ1n) is 3.39. The van der Waals surface area contributed by atoms with E-state index in [9.17, 15) is 0 Å². The summed E-state index contributed by atoms with van der Waals surface area (Å²) >= 11 is 0. The van der Waals surface area contributed by atoms with Crippen LogP contribution >= 0.6 is 0 Å². The molecular formula is C6H4N6O. The fourth-order valence-corrected chi connectivity index (χ4v) is 0.771. The van der Waals surface area contributed by atoms with Crippen molar-refractivity contribution in [2.24, 2.45) is 0 Å². The highest BCUT2D eigenvalue weighted by atomic mass is 16.3. The van der Waals surface area contributed by atoms with Gasteiger partial charge in [0, 0.05) is 0 Å². The maximum Gasteiger partial charge on any atom is 0.317 e. The summed E-state index contributed by atoms with van der Waals surface area (Å²) in [5.74, 6) is 0.266. The van der Waals surface area contributed by atoms with E-state index >= 15 is 0 Å². The van der Waals surface area contributed by atoms with Crippen LogP contribution in [0.4, 0.5) is 0 Å². The third kappa shape index (κ3) is 1.53. The molecule has 64 valence electrons. The van der Waals surface area contributed by atoms with Crippen LogP contribution in [-0.2, 0) is 0 Å². The molecule has 13 heavy (non-hydrogen) atoms.